The Hall–Kier alpha value is -2.31. The quantitative estimate of drug-likeness (QED) is 0.732. The summed E-state index contributed by atoms with van der Waals surface area (Å²) in [4.78, 5) is 35.6. The third-order valence-corrected chi connectivity index (χ3v) is 2.59. The second kappa shape index (κ2) is 7.98. The molecule has 0 fully saturated rings. The van der Waals surface area contributed by atoms with Crippen LogP contribution in [0.5, 0.6) is 0 Å². The number of methoxy groups -OCH3 is 1. The van der Waals surface area contributed by atoms with Crippen LogP contribution in [0.2, 0.25) is 0 Å². The van der Waals surface area contributed by atoms with Crippen molar-refractivity contribution in [1.29, 1.82) is 0 Å². The first kappa shape index (κ1) is 15.7. The van der Waals surface area contributed by atoms with Gasteiger partial charge in [0.1, 0.15) is 0 Å². The molecule has 1 aromatic rings. The van der Waals surface area contributed by atoms with Gasteiger partial charge in [-0.3, -0.25) is 14.4 Å². The predicted octanol–water partition coefficient (Wildman–Crippen LogP) is 0.421. The highest BCUT2D eigenvalue weighted by atomic mass is 16.5. The molecule has 0 aromatic carbocycles. The maximum Gasteiger partial charge on any atom is 0.307 e. The number of carbonyl (C=O) groups excluding carboxylic acids is 3. The Balaban J connectivity index is 2.60. The lowest BCUT2D eigenvalue weighted by Gasteiger charge is -2.21. The largest absolute Gasteiger partial charge is 0.469 e. The van der Waals surface area contributed by atoms with Crippen LogP contribution in [-0.4, -0.2) is 49.4 Å². The molecule has 2 amide bonds. The van der Waals surface area contributed by atoms with E-state index in [-0.39, 0.29) is 37.1 Å². The molecule has 7 heteroatoms. The molecule has 0 aliphatic carbocycles. The van der Waals surface area contributed by atoms with Crippen molar-refractivity contribution in [3.63, 3.8) is 0 Å². The van der Waals surface area contributed by atoms with Crippen molar-refractivity contribution in [2.45, 2.75) is 13.3 Å². The van der Waals surface area contributed by atoms with E-state index in [4.69, 9.17) is 4.42 Å². The van der Waals surface area contributed by atoms with Crippen LogP contribution < -0.4 is 5.32 Å². The Morgan fingerprint density at radius 3 is 2.65 bits per heavy atom. The first-order chi connectivity index (χ1) is 9.54. The molecule has 0 atom stereocenters. The van der Waals surface area contributed by atoms with E-state index in [2.05, 4.69) is 10.1 Å². The van der Waals surface area contributed by atoms with Gasteiger partial charge in [-0.25, -0.2) is 0 Å². The zero-order valence-electron chi connectivity index (χ0n) is 11.5. The summed E-state index contributed by atoms with van der Waals surface area (Å²) in [5.41, 5.74) is 0. The summed E-state index contributed by atoms with van der Waals surface area (Å²) in [5.74, 6) is -0.716. The molecule has 7 nitrogen and oxygen atoms in total. The number of nitrogens with one attached hydrogen (secondary N) is 1. The Labute approximate surface area is 116 Å². The summed E-state index contributed by atoms with van der Waals surface area (Å²) < 4.78 is 9.59. The lowest BCUT2D eigenvalue weighted by Crippen LogP contribution is -2.39. The fourth-order valence-corrected chi connectivity index (χ4v) is 1.57. The molecule has 1 aromatic heterocycles. The van der Waals surface area contributed by atoms with Crippen molar-refractivity contribution in [2.24, 2.45) is 0 Å². The molecule has 0 bridgehead atoms. The van der Waals surface area contributed by atoms with E-state index in [1.807, 2.05) is 0 Å². The number of ether oxygens (including phenoxy) is 1. The minimum atomic E-state index is -0.401. The van der Waals surface area contributed by atoms with E-state index in [0.29, 0.717) is 6.54 Å². The van der Waals surface area contributed by atoms with Gasteiger partial charge in [-0.2, -0.15) is 0 Å². The number of carbonyl (C=O) groups is 3. The van der Waals surface area contributed by atoms with E-state index in [9.17, 15) is 14.4 Å². The molecule has 20 heavy (non-hydrogen) atoms. The van der Waals surface area contributed by atoms with E-state index >= 15 is 0 Å². The van der Waals surface area contributed by atoms with Gasteiger partial charge in [0.25, 0.3) is 5.91 Å². The molecule has 0 saturated carbocycles. The van der Waals surface area contributed by atoms with Crippen molar-refractivity contribution in [3.8, 4) is 0 Å². The van der Waals surface area contributed by atoms with E-state index in [1.54, 1.807) is 12.1 Å². The van der Waals surface area contributed by atoms with Gasteiger partial charge in [0.15, 0.2) is 5.76 Å². The summed E-state index contributed by atoms with van der Waals surface area (Å²) in [7, 11) is 1.29. The van der Waals surface area contributed by atoms with E-state index < -0.39 is 5.97 Å². The van der Waals surface area contributed by atoms with Crippen molar-refractivity contribution >= 4 is 17.8 Å². The molecule has 1 rings (SSSR count). The average Bonchev–Trinajstić information content (AvgIpc) is 2.95. The van der Waals surface area contributed by atoms with Crippen molar-refractivity contribution < 1.29 is 23.5 Å². The summed E-state index contributed by atoms with van der Waals surface area (Å²) in [5, 5.41) is 2.60. The molecular weight excluding hydrogens is 264 g/mol. The standard InChI is InChI=1S/C13H18N2O5/c1-10(16)14-6-8-15(7-5-12(17)19-2)13(18)11-4-3-9-20-11/h3-4,9H,5-8H2,1-2H3,(H,14,16). The van der Waals surface area contributed by atoms with Gasteiger partial charge < -0.3 is 19.4 Å². The smallest absolute Gasteiger partial charge is 0.307 e. The third kappa shape index (κ3) is 5.13. The molecule has 0 aliphatic heterocycles. The molecule has 1 N–H and O–H groups in total. The second-order valence-electron chi connectivity index (χ2n) is 4.08. The third-order valence-electron chi connectivity index (χ3n) is 2.59. The highest BCUT2D eigenvalue weighted by Gasteiger charge is 2.19. The highest BCUT2D eigenvalue weighted by molar-refractivity contribution is 5.91. The minimum Gasteiger partial charge on any atom is -0.469 e. The molecule has 1 heterocycles. The topological polar surface area (TPSA) is 88.9 Å². The molecule has 0 aliphatic rings. The lowest BCUT2D eigenvalue weighted by molar-refractivity contribution is -0.140. The van der Waals surface area contributed by atoms with Crippen LogP contribution in [0, 0.1) is 0 Å². The fraction of sp³-hybridized carbons (Fsp3) is 0.462. The first-order valence-electron chi connectivity index (χ1n) is 6.18. The summed E-state index contributed by atoms with van der Waals surface area (Å²) >= 11 is 0. The van der Waals surface area contributed by atoms with Crippen molar-refractivity contribution in [2.75, 3.05) is 26.7 Å². The summed E-state index contributed by atoms with van der Waals surface area (Å²) in [6.45, 7) is 2.19. The number of esters is 1. The van der Waals surface area contributed by atoms with Crippen LogP contribution in [0.15, 0.2) is 22.8 Å². The number of amides is 2. The van der Waals surface area contributed by atoms with Gasteiger partial charge in [0, 0.05) is 26.6 Å². The molecule has 0 spiro atoms. The number of hydrogen-bond acceptors (Lipinski definition) is 5. The normalized spacial score (nSPS) is 9.90. The number of nitrogens with zero attached hydrogens (tertiary/aromatic N) is 1. The summed E-state index contributed by atoms with van der Waals surface area (Å²) in [6.07, 6.45) is 1.49. The van der Waals surface area contributed by atoms with Gasteiger partial charge in [0.05, 0.1) is 19.8 Å². The molecule has 0 unspecified atom stereocenters. The Morgan fingerprint density at radius 2 is 2.10 bits per heavy atom. The van der Waals surface area contributed by atoms with Crippen LogP contribution >= 0.6 is 0 Å². The lowest BCUT2D eigenvalue weighted by atomic mass is 10.3. The fourth-order valence-electron chi connectivity index (χ4n) is 1.57. The van der Waals surface area contributed by atoms with Crippen molar-refractivity contribution in [3.05, 3.63) is 24.2 Å². The van der Waals surface area contributed by atoms with Crippen LogP contribution in [0.3, 0.4) is 0 Å². The summed E-state index contributed by atoms with van der Waals surface area (Å²) in [6, 6.07) is 3.16. The van der Waals surface area contributed by atoms with Crippen molar-refractivity contribution in [1.82, 2.24) is 10.2 Å². The van der Waals surface area contributed by atoms with E-state index in [1.165, 1.54) is 25.2 Å². The van der Waals surface area contributed by atoms with Gasteiger partial charge in [0.2, 0.25) is 5.91 Å². The number of furan rings is 1. The molecule has 0 saturated heterocycles. The maximum absolute atomic E-state index is 12.1. The second-order valence-corrected chi connectivity index (χ2v) is 4.08. The Kier molecular flexibility index (Phi) is 6.28. The van der Waals surface area contributed by atoms with Crippen LogP contribution in [0.25, 0.3) is 0 Å². The first-order valence-corrected chi connectivity index (χ1v) is 6.18. The predicted molar refractivity (Wildman–Crippen MR) is 69.9 cm³/mol. The zero-order valence-corrected chi connectivity index (χ0v) is 11.5. The maximum atomic E-state index is 12.1. The zero-order chi connectivity index (χ0) is 15.0. The molecule has 110 valence electrons. The Bertz CT molecular complexity index is 455. The van der Waals surface area contributed by atoms with Crippen LogP contribution in [0.4, 0.5) is 0 Å². The van der Waals surface area contributed by atoms with Crippen LogP contribution in [-0.2, 0) is 14.3 Å². The van der Waals surface area contributed by atoms with Gasteiger partial charge in [-0.1, -0.05) is 0 Å². The highest BCUT2D eigenvalue weighted by Crippen LogP contribution is 2.06. The average molecular weight is 282 g/mol. The Morgan fingerprint density at radius 1 is 1.35 bits per heavy atom. The monoisotopic (exact) mass is 282 g/mol. The van der Waals surface area contributed by atoms with Gasteiger partial charge >= 0.3 is 5.97 Å². The number of hydrogen-bond donors (Lipinski definition) is 1. The minimum absolute atomic E-state index is 0.0863. The number of rotatable bonds is 7. The SMILES string of the molecule is COC(=O)CCN(CCNC(C)=O)C(=O)c1ccco1. The molecular formula is C13H18N2O5. The van der Waals surface area contributed by atoms with Gasteiger partial charge in [-0.05, 0) is 12.1 Å². The van der Waals surface area contributed by atoms with Crippen LogP contribution in [0.1, 0.15) is 23.9 Å². The van der Waals surface area contributed by atoms with E-state index in [0.717, 1.165) is 0 Å². The molecule has 0 radical (unpaired) electrons. The van der Waals surface area contributed by atoms with Gasteiger partial charge in [-0.15, -0.1) is 0 Å².